The summed E-state index contributed by atoms with van der Waals surface area (Å²) in [7, 11) is 0. The van der Waals surface area contributed by atoms with Crippen LogP contribution in [0.25, 0.3) is 0 Å². The Labute approximate surface area is 117 Å². The van der Waals surface area contributed by atoms with Gasteiger partial charge in [-0.3, -0.25) is 0 Å². The Kier molecular flexibility index (Phi) is 4.64. The maximum atomic E-state index is 12.2. The predicted molar refractivity (Wildman–Crippen MR) is 77.7 cm³/mol. The van der Waals surface area contributed by atoms with Crippen molar-refractivity contribution in [1.29, 1.82) is 0 Å². The number of nitrogens with one attached hydrogen (secondary N) is 1. The molecule has 1 atom stereocenters. The molecular formula is C14H19BrN2O. The van der Waals surface area contributed by atoms with Gasteiger partial charge in [0.15, 0.2) is 0 Å². The zero-order valence-corrected chi connectivity index (χ0v) is 12.2. The summed E-state index contributed by atoms with van der Waals surface area (Å²) in [4.78, 5) is 14.1. The van der Waals surface area contributed by atoms with Gasteiger partial charge >= 0.3 is 6.03 Å². The number of hydrogen-bond donors (Lipinski definition) is 1. The summed E-state index contributed by atoms with van der Waals surface area (Å²) in [6.07, 6.45) is 3.51. The molecule has 2 rings (SSSR count). The van der Waals surface area contributed by atoms with Crippen molar-refractivity contribution in [3.63, 3.8) is 0 Å². The third-order valence-corrected chi connectivity index (χ3v) is 4.19. The number of halogens is 1. The Balaban J connectivity index is 1.97. The summed E-state index contributed by atoms with van der Waals surface area (Å²) < 4.78 is 0.919. The second-order valence-electron chi connectivity index (χ2n) is 4.77. The van der Waals surface area contributed by atoms with Crippen LogP contribution in [0.1, 0.15) is 26.2 Å². The number of urea groups is 1. The van der Waals surface area contributed by atoms with Crippen LogP contribution in [0.15, 0.2) is 28.7 Å². The Morgan fingerprint density at radius 3 is 3.00 bits per heavy atom. The van der Waals surface area contributed by atoms with Crippen molar-refractivity contribution in [3.05, 3.63) is 28.7 Å². The highest BCUT2D eigenvalue weighted by Crippen LogP contribution is 2.23. The van der Waals surface area contributed by atoms with Crippen LogP contribution in [0.4, 0.5) is 10.5 Å². The van der Waals surface area contributed by atoms with Gasteiger partial charge < -0.3 is 10.2 Å². The number of nitrogens with zero attached hydrogens (tertiary/aromatic N) is 1. The molecule has 1 fully saturated rings. The van der Waals surface area contributed by atoms with Gasteiger partial charge in [0.25, 0.3) is 0 Å². The van der Waals surface area contributed by atoms with E-state index in [0.717, 1.165) is 36.1 Å². The monoisotopic (exact) mass is 310 g/mol. The lowest BCUT2D eigenvalue weighted by Crippen LogP contribution is -2.42. The summed E-state index contributed by atoms with van der Waals surface area (Å²) in [6, 6.07) is 7.71. The molecule has 18 heavy (non-hydrogen) atoms. The third kappa shape index (κ3) is 3.25. The fraction of sp³-hybridized carbons (Fsp3) is 0.500. The second-order valence-corrected chi connectivity index (χ2v) is 5.63. The number of hydrogen-bond acceptors (Lipinski definition) is 1. The molecule has 0 radical (unpaired) electrons. The zero-order valence-electron chi connectivity index (χ0n) is 10.7. The number of para-hydroxylation sites is 1. The van der Waals surface area contributed by atoms with Crippen molar-refractivity contribution in [2.75, 3.05) is 18.4 Å². The lowest BCUT2D eigenvalue weighted by Gasteiger charge is -2.32. The van der Waals surface area contributed by atoms with E-state index in [1.807, 2.05) is 29.2 Å². The largest absolute Gasteiger partial charge is 0.324 e. The molecule has 3 nitrogen and oxygen atoms in total. The molecule has 1 unspecified atom stereocenters. The van der Waals surface area contributed by atoms with Gasteiger partial charge in [-0.15, -0.1) is 0 Å². The minimum atomic E-state index is 0.0139. The molecule has 1 aromatic carbocycles. The number of likely N-dealkylation sites (tertiary alicyclic amines) is 1. The lowest BCUT2D eigenvalue weighted by atomic mass is 9.96. The summed E-state index contributed by atoms with van der Waals surface area (Å²) in [6.45, 7) is 3.94. The second kappa shape index (κ2) is 6.23. The molecule has 1 aromatic rings. The quantitative estimate of drug-likeness (QED) is 0.876. The minimum absolute atomic E-state index is 0.0139. The molecule has 0 bridgehead atoms. The molecule has 98 valence electrons. The SMILES string of the molecule is CCC1CCCN(C(=O)Nc2ccccc2Br)C1. The molecule has 0 saturated carbocycles. The van der Waals surface area contributed by atoms with Gasteiger partial charge in [0.05, 0.1) is 5.69 Å². The molecule has 4 heteroatoms. The van der Waals surface area contributed by atoms with Crippen LogP contribution in [0.2, 0.25) is 0 Å². The van der Waals surface area contributed by atoms with Gasteiger partial charge in [0.1, 0.15) is 0 Å². The minimum Gasteiger partial charge on any atom is -0.324 e. The normalized spacial score (nSPS) is 19.7. The topological polar surface area (TPSA) is 32.3 Å². The summed E-state index contributed by atoms with van der Waals surface area (Å²) in [5.74, 6) is 0.656. The predicted octanol–water partition coefficient (Wildman–Crippen LogP) is 4.10. The molecule has 0 spiro atoms. The van der Waals surface area contributed by atoms with Crippen molar-refractivity contribution in [3.8, 4) is 0 Å². The van der Waals surface area contributed by atoms with Crippen LogP contribution in [-0.2, 0) is 0 Å². The fourth-order valence-corrected chi connectivity index (χ4v) is 2.72. The van der Waals surface area contributed by atoms with E-state index in [9.17, 15) is 4.79 Å². The average molecular weight is 311 g/mol. The molecule has 2 amide bonds. The Hall–Kier alpha value is -1.03. The lowest BCUT2D eigenvalue weighted by molar-refractivity contribution is 0.176. The van der Waals surface area contributed by atoms with Crippen molar-refractivity contribution in [2.45, 2.75) is 26.2 Å². The number of amides is 2. The van der Waals surface area contributed by atoms with E-state index in [4.69, 9.17) is 0 Å². The van der Waals surface area contributed by atoms with Crippen molar-refractivity contribution in [1.82, 2.24) is 4.90 Å². The number of piperidine rings is 1. The first-order valence-corrected chi connectivity index (χ1v) is 7.30. The smallest absolute Gasteiger partial charge is 0.321 e. The number of benzene rings is 1. The molecule has 0 aromatic heterocycles. The van der Waals surface area contributed by atoms with E-state index < -0.39 is 0 Å². The highest BCUT2D eigenvalue weighted by Gasteiger charge is 2.22. The average Bonchev–Trinajstić information content (AvgIpc) is 2.41. The van der Waals surface area contributed by atoms with E-state index in [1.54, 1.807) is 0 Å². The first-order valence-electron chi connectivity index (χ1n) is 6.51. The summed E-state index contributed by atoms with van der Waals surface area (Å²) >= 11 is 3.44. The maximum Gasteiger partial charge on any atom is 0.321 e. The first kappa shape index (κ1) is 13.4. The van der Waals surface area contributed by atoms with Crippen molar-refractivity contribution >= 4 is 27.6 Å². The van der Waals surface area contributed by atoms with Crippen LogP contribution in [0.3, 0.4) is 0 Å². The van der Waals surface area contributed by atoms with Crippen LogP contribution in [0.5, 0.6) is 0 Å². The van der Waals surface area contributed by atoms with Gasteiger partial charge in [-0.25, -0.2) is 4.79 Å². The van der Waals surface area contributed by atoms with Crippen LogP contribution >= 0.6 is 15.9 Å². The van der Waals surface area contributed by atoms with E-state index in [1.165, 1.54) is 6.42 Å². The van der Waals surface area contributed by atoms with E-state index in [0.29, 0.717) is 5.92 Å². The molecule has 1 saturated heterocycles. The van der Waals surface area contributed by atoms with Crippen LogP contribution < -0.4 is 5.32 Å². The number of anilines is 1. The zero-order chi connectivity index (χ0) is 13.0. The highest BCUT2D eigenvalue weighted by atomic mass is 79.9. The van der Waals surface area contributed by atoms with Gasteiger partial charge in [-0.05, 0) is 46.8 Å². The first-order chi connectivity index (χ1) is 8.70. The Morgan fingerprint density at radius 2 is 2.28 bits per heavy atom. The molecular weight excluding hydrogens is 292 g/mol. The number of carbonyl (C=O) groups excluding carboxylic acids is 1. The van der Waals surface area contributed by atoms with Crippen LogP contribution in [0, 0.1) is 5.92 Å². The van der Waals surface area contributed by atoms with E-state index in [-0.39, 0.29) is 6.03 Å². The van der Waals surface area contributed by atoms with Gasteiger partial charge in [-0.2, -0.15) is 0 Å². The van der Waals surface area contributed by atoms with Gasteiger partial charge in [0.2, 0.25) is 0 Å². The Bertz CT molecular complexity index is 422. The molecule has 0 aliphatic carbocycles. The highest BCUT2D eigenvalue weighted by molar-refractivity contribution is 9.10. The van der Waals surface area contributed by atoms with Crippen molar-refractivity contribution < 1.29 is 4.79 Å². The van der Waals surface area contributed by atoms with Crippen LogP contribution in [-0.4, -0.2) is 24.0 Å². The van der Waals surface area contributed by atoms with Gasteiger partial charge in [-0.1, -0.05) is 25.5 Å². The fourth-order valence-electron chi connectivity index (χ4n) is 2.34. The van der Waals surface area contributed by atoms with E-state index >= 15 is 0 Å². The molecule has 1 aliphatic heterocycles. The molecule has 1 heterocycles. The number of rotatable bonds is 2. The Morgan fingerprint density at radius 1 is 1.50 bits per heavy atom. The molecule has 1 aliphatic rings. The standard InChI is InChI=1S/C14H19BrN2O/c1-2-11-6-5-9-17(10-11)14(18)16-13-8-4-3-7-12(13)15/h3-4,7-8,11H,2,5-6,9-10H2,1H3,(H,16,18). The maximum absolute atomic E-state index is 12.2. The molecule has 1 N–H and O–H groups in total. The van der Waals surface area contributed by atoms with Gasteiger partial charge in [0, 0.05) is 17.6 Å². The van der Waals surface area contributed by atoms with Crippen molar-refractivity contribution in [2.24, 2.45) is 5.92 Å². The van der Waals surface area contributed by atoms with E-state index in [2.05, 4.69) is 28.2 Å². The summed E-state index contributed by atoms with van der Waals surface area (Å²) in [5.41, 5.74) is 0.834. The summed E-state index contributed by atoms with van der Waals surface area (Å²) in [5, 5.41) is 2.96. The number of carbonyl (C=O) groups is 1. The third-order valence-electron chi connectivity index (χ3n) is 3.50.